The maximum Gasteiger partial charge on any atom is 0.306 e. The first-order chi connectivity index (χ1) is 15.0. The number of rotatable bonds is 14. The van der Waals surface area contributed by atoms with E-state index in [2.05, 4.69) is 60.6 Å². The van der Waals surface area contributed by atoms with Gasteiger partial charge in [0.2, 0.25) is 0 Å². The Morgan fingerprint density at radius 2 is 1.34 bits per heavy atom. The molecule has 0 radical (unpaired) electrons. The Hall–Kier alpha value is -1.51. The molecule has 0 unspecified atom stereocenters. The topological polar surface area (TPSA) is 46.5 Å². The van der Waals surface area contributed by atoms with Crippen molar-refractivity contribution in [2.45, 2.75) is 136 Å². The molecular formula is C29H50O3. The SMILES string of the molecule is CCCCCCCCCCCCOC(=O)CCc1cc(C(C)(C)C)cc(C(C)(C)C)c1O. The molecule has 0 bridgehead atoms. The van der Waals surface area contributed by atoms with Crippen LogP contribution in [0.3, 0.4) is 0 Å². The number of hydrogen-bond donors (Lipinski definition) is 1. The number of unbranched alkanes of at least 4 members (excludes halogenated alkanes) is 9. The van der Waals surface area contributed by atoms with Crippen LogP contribution in [0.2, 0.25) is 0 Å². The van der Waals surface area contributed by atoms with Gasteiger partial charge in [0.15, 0.2) is 0 Å². The summed E-state index contributed by atoms with van der Waals surface area (Å²) in [7, 11) is 0. The first kappa shape index (κ1) is 28.5. The van der Waals surface area contributed by atoms with Crippen molar-refractivity contribution in [2.75, 3.05) is 6.61 Å². The molecule has 1 rings (SSSR count). The molecule has 184 valence electrons. The van der Waals surface area contributed by atoms with Gasteiger partial charge in [0, 0.05) is 6.42 Å². The zero-order valence-electron chi connectivity index (χ0n) is 22.1. The highest BCUT2D eigenvalue weighted by atomic mass is 16.5. The summed E-state index contributed by atoms with van der Waals surface area (Å²) >= 11 is 0. The lowest BCUT2D eigenvalue weighted by Gasteiger charge is -2.27. The summed E-state index contributed by atoms with van der Waals surface area (Å²) in [5, 5.41) is 10.9. The van der Waals surface area contributed by atoms with Crippen molar-refractivity contribution < 1.29 is 14.6 Å². The predicted molar refractivity (Wildman–Crippen MR) is 137 cm³/mol. The minimum absolute atomic E-state index is 0.0154. The number of carbonyl (C=O) groups is 1. The Labute approximate surface area is 198 Å². The maximum absolute atomic E-state index is 12.2. The van der Waals surface area contributed by atoms with Crippen molar-refractivity contribution >= 4 is 5.97 Å². The highest BCUT2D eigenvalue weighted by Crippen LogP contribution is 2.38. The summed E-state index contributed by atoms with van der Waals surface area (Å²) in [6.07, 6.45) is 13.5. The van der Waals surface area contributed by atoms with Gasteiger partial charge in [0.25, 0.3) is 0 Å². The Bertz CT molecular complexity index is 677. The van der Waals surface area contributed by atoms with E-state index in [4.69, 9.17) is 4.74 Å². The number of ether oxygens (including phenoxy) is 1. The van der Waals surface area contributed by atoms with Crippen LogP contribution in [0, 0.1) is 0 Å². The lowest BCUT2D eigenvalue weighted by molar-refractivity contribution is -0.143. The molecular weight excluding hydrogens is 396 g/mol. The van der Waals surface area contributed by atoms with Crippen LogP contribution < -0.4 is 0 Å². The van der Waals surface area contributed by atoms with Gasteiger partial charge in [-0.3, -0.25) is 4.79 Å². The summed E-state index contributed by atoms with van der Waals surface area (Å²) in [4.78, 5) is 12.2. The van der Waals surface area contributed by atoms with E-state index < -0.39 is 0 Å². The minimum Gasteiger partial charge on any atom is -0.507 e. The molecule has 3 heteroatoms. The maximum atomic E-state index is 12.2. The van der Waals surface area contributed by atoms with Crippen molar-refractivity contribution in [1.82, 2.24) is 0 Å². The lowest BCUT2D eigenvalue weighted by atomic mass is 9.78. The molecule has 1 aromatic carbocycles. The largest absolute Gasteiger partial charge is 0.507 e. The first-order valence-electron chi connectivity index (χ1n) is 13.0. The second-order valence-corrected chi connectivity index (χ2v) is 11.4. The van der Waals surface area contributed by atoms with Gasteiger partial charge in [0.1, 0.15) is 5.75 Å². The van der Waals surface area contributed by atoms with Crippen molar-refractivity contribution in [2.24, 2.45) is 0 Å². The average Bonchev–Trinajstić information content (AvgIpc) is 2.69. The fraction of sp³-hybridized carbons (Fsp3) is 0.759. The van der Waals surface area contributed by atoms with Gasteiger partial charge in [0.05, 0.1) is 6.61 Å². The van der Waals surface area contributed by atoms with Crippen molar-refractivity contribution in [3.8, 4) is 5.75 Å². The molecule has 1 aromatic rings. The van der Waals surface area contributed by atoms with Gasteiger partial charge in [-0.1, -0.05) is 118 Å². The van der Waals surface area contributed by atoms with Crippen LogP contribution in [0.25, 0.3) is 0 Å². The number of esters is 1. The van der Waals surface area contributed by atoms with Crippen LogP contribution in [0.4, 0.5) is 0 Å². The molecule has 0 aliphatic rings. The van der Waals surface area contributed by atoms with E-state index in [1.807, 2.05) is 0 Å². The molecule has 0 amide bonds. The number of aromatic hydroxyl groups is 1. The Morgan fingerprint density at radius 3 is 1.84 bits per heavy atom. The van der Waals surface area contributed by atoms with Crippen LogP contribution in [0.5, 0.6) is 5.75 Å². The quantitative estimate of drug-likeness (QED) is 0.230. The second-order valence-electron chi connectivity index (χ2n) is 11.4. The summed E-state index contributed by atoms with van der Waals surface area (Å²) in [6, 6.07) is 4.17. The van der Waals surface area contributed by atoms with Crippen molar-refractivity contribution in [3.63, 3.8) is 0 Å². The molecule has 3 nitrogen and oxygen atoms in total. The van der Waals surface area contributed by atoms with E-state index in [1.54, 1.807) is 0 Å². The standard InChI is InChI=1S/C29H50O3/c1-8-9-10-11-12-13-14-15-16-17-20-32-26(30)19-18-23-21-24(28(2,3)4)22-25(27(23)31)29(5,6)7/h21-22,31H,8-20H2,1-7H3. The Kier molecular flexibility index (Phi) is 12.4. The number of phenolic OH excluding ortho intramolecular Hbond substituents is 1. The summed E-state index contributed by atoms with van der Waals surface area (Å²) in [5.74, 6) is 0.159. The number of carbonyl (C=O) groups excluding carboxylic acids is 1. The van der Waals surface area contributed by atoms with E-state index in [-0.39, 0.29) is 16.8 Å². The molecule has 0 atom stereocenters. The van der Waals surface area contributed by atoms with E-state index in [9.17, 15) is 9.90 Å². The number of aryl methyl sites for hydroxylation is 1. The molecule has 0 saturated heterocycles. The number of hydrogen-bond acceptors (Lipinski definition) is 3. The zero-order chi connectivity index (χ0) is 24.2. The van der Waals surface area contributed by atoms with Gasteiger partial charge >= 0.3 is 5.97 Å². The molecule has 0 heterocycles. The predicted octanol–water partition coefficient (Wildman–Crippen LogP) is 8.38. The third kappa shape index (κ3) is 10.9. The molecule has 1 N–H and O–H groups in total. The first-order valence-corrected chi connectivity index (χ1v) is 13.0. The normalized spacial score (nSPS) is 12.2. The lowest BCUT2D eigenvalue weighted by Crippen LogP contribution is -2.18. The van der Waals surface area contributed by atoms with Crippen molar-refractivity contribution in [1.29, 1.82) is 0 Å². The molecule has 0 fully saturated rings. The van der Waals surface area contributed by atoms with E-state index in [0.717, 1.165) is 24.0 Å². The minimum atomic E-state index is -0.168. The highest BCUT2D eigenvalue weighted by Gasteiger charge is 2.25. The van der Waals surface area contributed by atoms with E-state index in [1.165, 1.54) is 56.9 Å². The molecule has 0 aliphatic heterocycles. The fourth-order valence-electron chi connectivity index (χ4n) is 3.97. The second kappa shape index (κ2) is 13.9. The van der Waals surface area contributed by atoms with Gasteiger partial charge in [-0.2, -0.15) is 0 Å². The molecule has 32 heavy (non-hydrogen) atoms. The summed E-state index contributed by atoms with van der Waals surface area (Å²) in [6.45, 7) is 15.6. The number of phenols is 1. The highest BCUT2D eigenvalue weighted by molar-refractivity contribution is 5.70. The third-order valence-electron chi connectivity index (χ3n) is 6.22. The van der Waals surface area contributed by atoms with E-state index in [0.29, 0.717) is 25.2 Å². The zero-order valence-corrected chi connectivity index (χ0v) is 22.1. The van der Waals surface area contributed by atoms with Gasteiger partial charge in [-0.05, 0) is 40.4 Å². The monoisotopic (exact) mass is 446 g/mol. The summed E-state index contributed by atoms with van der Waals surface area (Å²) in [5.41, 5.74) is 2.81. The molecule has 0 aromatic heterocycles. The van der Waals surface area contributed by atoms with Gasteiger partial charge < -0.3 is 9.84 Å². The van der Waals surface area contributed by atoms with Crippen LogP contribution in [-0.4, -0.2) is 17.7 Å². The van der Waals surface area contributed by atoms with E-state index >= 15 is 0 Å². The summed E-state index contributed by atoms with van der Waals surface area (Å²) < 4.78 is 5.45. The van der Waals surface area contributed by atoms with Gasteiger partial charge in [-0.15, -0.1) is 0 Å². The van der Waals surface area contributed by atoms with Crippen LogP contribution >= 0.6 is 0 Å². The smallest absolute Gasteiger partial charge is 0.306 e. The Balaban J connectivity index is 2.40. The fourth-order valence-corrected chi connectivity index (χ4v) is 3.97. The Morgan fingerprint density at radius 1 is 0.812 bits per heavy atom. The van der Waals surface area contributed by atoms with Crippen LogP contribution in [-0.2, 0) is 26.8 Å². The molecule has 0 saturated carbocycles. The molecule has 0 spiro atoms. The van der Waals surface area contributed by atoms with Gasteiger partial charge in [-0.25, -0.2) is 0 Å². The van der Waals surface area contributed by atoms with Crippen LogP contribution in [0.15, 0.2) is 12.1 Å². The third-order valence-corrected chi connectivity index (χ3v) is 6.22. The van der Waals surface area contributed by atoms with Crippen LogP contribution in [0.1, 0.15) is 136 Å². The molecule has 0 aliphatic carbocycles. The number of benzene rings is 1. The average molecular weight is 447 g/mol. The van der Waals surface area contributed by atoms with Crippen molar-refractivity contribution in [3.05, 3.63) is 28.8 Å².